The van der Waals surface area contributed by atoms with Crippen molar-refractivity contribution in [3.8, 4) is 0 Å². The highest BCUT2D eigenvalue weighted by Crippen LogP contribution is 2.26. The van der Waals surface area contributed by atoms with E-state index in [0.717, 1.165) is 0 Å². The summed E-state index contributed by atoms with van der Waals surface area (Å²) in [5, 5.41) is 22.9. The second kappa shape index (κ2) is 7.13. The predicted molar refractivity (Wildman–Crippen MR) is 85.6 cm³/mol. The average Bonchev–Trinajstić information content (AvgIpc) is 2.53. The monoisotopic (exact) mass is 366 g/mol. The summed E-state index contributed by atoms with van der Waals surface area (Å²) in [6.07, 6.45) is 0. The van der Waals surface area contributed by atoms with E-state index >= 15 is 0 Å². The molecule has 26 heavy (non-hydrogen) atoms. The number of esters is 1. The zero-order chi connectivity index (χ0) is 19.6. The minimum atomic E-state index is -1.08. The first-order valence-corrected chi connectivity index (χ1v) is 7.34. The van der Waals surface area contributed by atoms with Crippen LogP contribution in [0.1, 0.15) is 34.1 Å². The smallest absolute Gasteiger partial charge is 0.342 e. The lowest BCUT2D eigenvalue weighted by atomic mass is 9.96. The van der Waals surface area contributed by atoms with E-state index in [9.17, 15) is 29.8 Å². The van der Waals surface area contributed by atoms with Gasteiger partial charge < -0.3 is 19.7 Å². The molecule has 0 amide bonds. The van der Waals surface area contributed by atoms with Gasteiger partial charge in [-0.3, -0.25) is 4.79 Å². The van der Waals surface area contributed by atoms with Crippen LogP contribution in [0.15, 0.2) is 10.9 Å². The maximum atomic E-state index is 12.5. The maximum Gasteiger partial charge on any atom is 0.342 e. The summed E-state index contributed by atoms with van der Waals surface area (Å²) in [5.41, 5.74) is -0.578. The van der Waals surface area contributed by atoms with Gasteiger partial charge in [-0.2, -0.15) is 0 Å². The molecule has 0 saturated heterocycles. The number of rotatable bonds is 6. The fourth-order valence-corrected chi connectivity index (χ4v) is 2.65. The van der Waals surface area contributed by atoms with Gasteiger partial charge in [0.15, 0.2) is 6.61 Å². The highest BCUT2D eigenvalue weighted by atomic mass is 16.9. The van der Waals surface area contributed by atoms with E-state index in [1.54, 1.807) is 13.8 Å². The second-order valence-electron chi connectivity index (χ2n) is 5.21. The van der Waals surface area contributed by atoms with Crippen LogP contribution < -0.4 is 5.56 Å². The van der Waals surface area contributed by atoms with E-state index in [1.807, 2.05) is 0 Å². The van der Waals surface area contributed by atoms with Gasteiger partial charge in [0.25, 0.3) is 5.09 Å². The van der Waals surface area contributed by atoms with E-state index < -0.39 is 28.3 Å². The first kappa shape index (κ1) is 18.8. The molecule has 0 spiro atoms. The van der Waals surface area contributed by atoms with Crippen molar-refractivity contribution in [3.63, 3.8) is 0 Å². The Morgan fingerprint density at radius 2 is 1.96 bits per heavy atom. The first-order chi connectivity index (χ1) is 12.2. The summed E-state index contributed by atoms with van der Waals surface area (Å²) in [7, 11) is 0. The molecule has 0 atom stereocenters. The van der Waals surface area contributed by atoms with Crippen molar-refractivity contribution in [1.29, 1.82) is 0 Å². The van der Waals surface area contributed by atoms with Gasteiger partial charge in [0.2, 0.25) is 5.69 Å². The molecule has 12 nitrogen and oxygen atoms in total. The Bertz CT molecular complexity index is 981. The topological polar surface area (TPSA) is 157 Å². The van der Waals surface area contributed by atoms with Crippen molar-refractivity contribution >= 4 is 16.7 Å². The van der Waals surface area contributed by atoms with Crippen molar-refractivity contribution < 1.29 is 24.5 Å². The lowest BCUT2D eigenvalue weighted by molar-refractivity contribution is -0.763. The van der Waals surface area contributed by atoms with E-state index in [4.69, 9.17) is 4.74 Å². The maximum absolute atomic E-state index is 12.5. The predicted octanol–water partition coefficient (Wildman–Crippen LogP) is 0.938. The summed E-state index contributed by atoms with van der Waals surface area (Å²) < 4.78 is 4.95. The van der Waals surface area contributed by atoms with Gasteiger partial charge in [-0.05, 0) is 38.0 Å². The molecule has 0 unspecified atom stereocenters. The normalized spacial score (nSPS) is 10.6. The van der Waals surface area contributed by atoms with E-state index in [2.05, 4.69) is 9.94 Å². The molecule has 0 fully saturated rings. The van der Waals surface area contributed by atoms with Gasteiger partial charge in [0.05, 0.1) is 32.5 Å². The molecule has 1 aromatic carbocycles. The van der Waals surface area contributed by atoms with Crippen molar-refractivity contribution in [3.05, 3.63) is 59.0 Å². The zero-order valence-corrected chi connectivity index (χ0v) is 14.0. The van der Waals surface area contributed by atoms with E-state index in [-0.39, 0.29) is 39.0 Å². The van der Waals surface area contributed by atoms with Crippen LogP contribution in [0, 0.1) is 34.1 Å². The number of benzene rings is 1. The molecule has 12 heteroatoms. The van der Waals surface area contributed by atoms with Crippen LogP contribution in [0.4, 0.5) is 0 Å². The Balaban J connectivity index is 2.88. The Labute approximate surface area is 145 Å². The highest BCUT2D eigenvalue weighted by molar-refractivity contribution is 6.00. The van der Waals surface area contributed by atoms with Gasteiger partial charge in [-0.15, -0.1) is 10.1 Å². The minimum Gasteiger partial charge on any atom is -0.462 e. The molecule has 0 radical (unpaired) electrons. The number of aryl methyl sites for hydroxylation is 2. The third-order valence-corrected chi connectivity index (χ3v) is 3.64. The van der Waals surface area contributed by atoms with Crippen LogP contribution in [0.5, 0.6) is 0 Å². The Hall–Kier alpha value is -3.57. The summed E-state index contributed by atoms with van der Waals surface area (Å²) in [6.45, 7) is 4.03. The third kappa shape index (κ3) is 3.29. The minimum absolute atomic E-state index is 0.0434. The summed E-state index contributed by atoms with van der Waals surface area (Å²) in [5.74, 6) is -0.684. The van der Waals surface area contributed by atoms with Crippen LogP contribution in [-0.4, -0.2) is 32.6 Å². The molecule has 0 aliphatic carbocycles. The molecule has 2 rings (SSSR count). The number of nitro groups is 1. The van der Waals surface area contributed by atoms with Crippen molar-refractivity contribution in [2.45, 2.75) is 27.4 Å². The van der Waals surface area contributed by atoms with Crippen molar-refractivity contribution in [2.24, 2.45) is 0 Å². The molecule has 0 bridgehead atoms. The fourth-order valence-electron chi connectivity index (χ4n) is 2.65. The molecule has 2 aromatic rings. The Kier molecular flexibility index (Phi) is 5.14. The standard InChI is InChI=1S/C14H14N4O8/c1-4-25-14(20)11-7(2)5-9-10(6-26-18(23)24)15-16(17(21)22)13(19)12(9)8(11)3/h5H,4,6H2,1-3H3. The lowest BCUT2D eigenvalue weighted by Gasteiger charge is -2.12. The fraction of sp³-hybridized carbons (Fsp3) is 0.357. The number of carbonyl (C=O) groups excluding carboxylic acids is 1. The van der Waals surface area contributed by atoms with E-state index in [1.165, 1.54) is 13.0 Å². The van der Waals surface area contributed by atoms with Crippen LogP contribution in [0.2, 0.25) is 0 Å². The largest absolute Gasteiger partial charge is 0.462 e. The van der Waals surface area contributed by atoms with Gasteiger partial charge in [-0.1, -0.05) is 0 Å². The average molecular weight is 366 g/mol. The summed E-state index contributed by atoms with van der Waals surface area (Å²) in [6, 6.07) is 1.39. The molecular formula is C14H14N4O8. The van der Waals surface area contributed by atoms with Gasteiger partial charge in [-0.25, -0.2) is 4.79 Å². The third-order valence-electron chi connectivity index (χ3n) is 3.64. The van der Waals surface area contributed by atoms with Crippen LogP contribution >= 0.6 is 0 Å². The van der Waals surface area contributed by atoms with Crippen LogP contribution in [0.3, 0.4) is 0 Å². The molecule has 1 aromatic heterocycles. The number of hydrogen-bond donors (Lipinski definition) is 0. The van der Waals surface area contributed by atoms with Crippen molar-refractivity contribution in [2.75, 3.05) is 6.61 Å². The molecule has 1 heterocycles. The lowest BCUT2D eigenvalue weighted by Crippen LogP contribution is -2.31. The zero-order valence-electron chi connectivity index (χ0n) is 14.0. The molecular weight excluding hydrogens is 352 g/mol. The molecule has 0 aliphatic rings. The molecule has 0 N–H and O–H groups in total. The number of hydrogen-bond acceptors (Lipinski definition) is 9. The molecule has 0 saturated carbocycles. The van der Waals surface area contributed by atoms with Gasteiger partial charge >= 0.3 is 11.5 Å². The number of carbonyl (C=O) groups is 1. The second-order valence-corrected chi connectivity index (χ2v) is 5.21. The van der Waals surface area contributed by atoms with Crippen LogP contribution in [-0.2, 0) is 16.2 Å². The van der Waals surface area contributed by atoms with Crippen molar-refractivity contribution in [1.82, 2.24) is 9.89 Å². The number of nitrogens with zero attached hydrogens (tertiary/aromatic N) is 4. The first-order valence-electron chi connectivity index (χ1n) is 7.34. The summed E-state index contributed by atoms with van der Waals surface area (Å²) >= 11 is 0. The SMILES string of the molecule is CCOC(=O)c1c(C)cc2c(CO[N+](=O)[O-])nn([N+](=O)[O-])c(=O)c2c1C. The Morgan fingerprint density at radius 1 is 1.31 bits per heavy atom. The van der Waals surface area contributed by atoms with Crippen LogP contribution in [0.25, 0.3) is 10.8 Å². The van der Waals surface area contributed by atoms with Gasteiger partial charge in [0, 0.05) is 5.39 Å². The number of fused-ring (bicyclic) bond motifs is 1. The summed E-state index contributed by atoms with van der Waals surface area (Å²) in [4.78, 5) is 50.3. The van der Waals surface area contributed by atoms with Gasteiger partial charge in [0.1, 0.15) is 0 Å². The quantitative estimate of drug-likeness (QED) is 0.412. The number of aromatic nitrogens is 2. The number of ether oxygens (including phenoxy) is 1. The van der Waals surface area contributed by atoms with E-state index in [0.29, 0.717) is 5.56 Å². The molecule has 138 valence electrons. The Morgan fingerprint density at radius 3 is 2.50 bits per heavy atom. The highest BCUT2D eigenvalue weighted by Gasteiger charge is 2.25. The molecule has 0 aliphatic heterocycles.